The van der Waals surface area contributed by atoms with Crippen LogP contribution in [0.25, 0.3) is 6.08 Å². The molecule has 0 aliphatic carbocycles. The van der Waals surface area contributed by atoms with Crippen LogP contribution in [0.15, 0.2) is 24.3 Å². The van der Waals surface area contributed by atoms with E-state index in [9.17, 15) is 18.0 Å². The van der Waals surface area contributed by atoms with Crippen LogP contribution in [0.4, 0.5) is 0 Å². The van der Waals surface area contributed by atoms with Gasteiger partial charge in [-0.25, -0.2) is 13.2 Å². The molecule has 1 aliphatic rings. The molecule has 0 bridgehead atoms. The second-order valence-electron chi connectivity index (χ2n) is 5.95. The Morgan fingerprint density at radius 2 is 2.07 bits per heavy atom. The maximum absolute atomic E-state index is 11.7. The molecule has 1 atom stereocenters. The maximum atomic E-state index is 11.7. The van der Waals surface area contributed by atoms with E-state index in [-0.39, 0.29) is 11.5 Å². The standard InChI is InChI=1S/C18H23NO7S/c1-3-25-15-6-4-13(10-16(15)24-2)5-7-18(21)26-11-17(20)19-14-8-9-27(22,23)12-14/h4-7,10,14H,3,8-9,11-12H2,1-2H3,(H,19,20)/b7-5+/t14-/m0/s1. The summed E-state index contributed by atoms with van der Waals surface area (Å²) in [5, 5.41) is 2.55. The summed E-state index contributed by atoms with van der Waals surface area (Å²) in [6, 6.07) is 4.77. The number of ether oxygens (including phenoxy) is 3. The third-order valence-corrected chi connectivity index (χ3v) is 5.61. The molecule has 1 fully saturated rings. The fraction of sp³-hybridized carbons (Fsp3) is 0.444. The summed E-state index contributed by atoms with van der Waals surface area (Å²) in [7, 11) is -1.56. The van der Waals surface area contributed by atoms with E-state index in [1.165, 1.54) is 19.3 Å². The largest absolute Gasteiger partial charge is 0.493 e. The monoisotopic (exact) mass is 397 g/mol. The van der Waals surface area contributed by atoms with Gasteiger partial charge in [0, 0.05) is 12.1 Å². The van der Waals surface area contributed by atoms with Crippen LogP contribution in [0.5, 0.6) is 11.5 Å². The molecule has 0 unspecified atom stereocenters. The number of carbonyl (C=O) groups is 2. The van der Waals surface area contributed by atoms with Gasteiger partial charge in [0.05, 0.1) is 25.2 Å². The third kappa shape index (κ3) is 6.59. The number of sulfone groups is 1. The van der Waals surface area contributed by atoms with Crippen LogP contribution >= 0.6 is 0 Å². The maximum Gasteiger partial charge on any atom is 0.331 e. The van der Waals surface area contributed by atoms with Gasteiger partial charge in [0.25, 0.3) is 5.91 Å². The first kappa shape index (κ1) is 20.8. The lowest BCUT2D eigenvalue weighted by atomic mass is 10.2. The van der Waals surface area contributed by atoms with Crippen LogP contribution in [-0.4, -0.2) is 58.2 Å². The quantitative estimate of drug-likeness (QED) is 0.514. The van der Waals surface area contributed by atoms with Gasteiger partial charge in [-0.2, -0.15) is 0 Å². The molecule has 1 saturated heterocycles. The van der Waals surface area contributed by atoms with Crippen LogP contribution in [0, 0.1) is 0 Å². The van der Waals surface area contributed by atoms with Gasteiger partial charge < -0.3 is 19.5 Å². The number of esters is 1. The van der Waals surface area contributed by atoms with Crippen molar-refractivity contribution >= 4 is 27.8 Å². The van der Waals surface area contributed by atoms with Crippen molar-refractivity contribution in [2.24, 2.45) is 0 Å². The van der Waals surface area contributed by atoms with Crippen molar-refractivity contribution in [2.75, 3.05) is 31.8 Å². The van der Waals surface area contributed by atoms with Gasteiger partial charge in [-0.05, 0) is 37.1 Å². The van der Waals surface area contributed by atoms with E-state index in [4.69, 9.17) is 14.2 Å². The molecule has 1 aromatic rings. The number of methoxy groups -OCH3 is 1. The Morgan fingerprint density at radius 1 is 1.30 bits per heavy atom. The Labute approximate surface area is 158 Å². The number of hydrogen-bond acceptors (Lipinski definition) is 7. The number of nitrogens with one attached hydrogen (secondary N) is 1. The Kier molecular flexibility index (Phi) is 7.23. The summed E-state index contributed by atoms with van der Waals surface area (Å²) in [5.74, 6) is -0.0831. The van der Waals surface area contributed by atoms with E-state index in [0.29, 0.717) is 30.1 Å². The second kappa shape index (κ2) is 9.40. The molecule has 0 radical (unpaired) electrons. The lowest BCUT2D eigenvalue weighted by molar-refractivity contribution is -0.143. The predicted molar refractivity (Wildman–Crippen MR) is 99.4 cm³/mol. The molecule has 1 amide bonds. The summed E-state index contributed by atoms with van der Waals surface area (Å²) in [6.45, 7) is 1.91. The number of benzene rings is 1. The molecule has 0 spiro atoms. The fourth-order valence-electron chi connectivity index (χ4n) is 2.59. The zero-order valence-electron chi connectivity index (χ0n) is 15.3. The van der Waals surface area contributed by atoms with Crippen LogP contribution in [-0.2, 0) is 24.2 Å². The van der Waals surface area contributed by atoms with Crippen LogP contribution in [0.2, 0.25) is 0 Å². The predicted octanol–water partition coefficient (Wildman–Crippen LogP) is 0.954. The van der Waals surface area contributed by atoms with E-state index >= 15 is 0 Å². The number of rotatable bonds is 8. The summed E-state index contributed by atoms with van der Waals surface area (Å²) in [6.07, 6.45) is 3.10. The summed E-state index contributed by atoms with van der Waals surface area (Å²) < 4.78 is 38.2. The Balaban J connectivity index is 1.82. The molecule has 8 nitrogen and oxygen atoms in total. The van der Waals surface area contributed by atoms with E-state index in [2.05, 4.69) is 5.32 Å². The number of amides is 1. The normalized spacial score (nSPS) is 18.2. The number of carbonyl (C=O) groups excluding carboxylic acids is 2. The van der Waals surface area contributed by atoms with Crippen molar-refractivity contribution in [1.82, 2.24) is 5.32 Å². The second-order valence-corrected chi connectivity index (χ2v) is 8.18. The third-order valence-electron chi connectivity index (χ3n) is 3.84. The molecule has 1 aromatic carbocycles. The minimum absolute atomic E-state index is 0.0615. The minimum atomic E-state index is -3.08. The zero-order chi connectivity index (χ0) is 19.9. The van der Waals surface area contributed by atoms with Crippen molar-refractivity contribution in [1.29, 1.82) is 0 Å². The van der Waals surface area contributed by atoms with Crippen molar-refractivity contribution in [3.05, 3.63) is 29.8 Å². The van der Waals surface area contributed by atoms with Gasteiger partial charge in [0.1, 0.15) is 0 Å². The van der Waals surface area contributed by atoms with Crippen LogP contribution in [0.3, 0.4) is 0 Å². The zero-order valence-corrected chi connectivity index (χ0v) is 16.1. The highest BCUT2D eigenvalue weighted by Crippen LogP contribution is 2.28. The van der Waals surface area contributed by atoms with Gasteiger partial charge in [-0.15, -0.1) is 0 Å². The van der Waals surface area contributed by atoms with E-state index in [0.717, 1.165) is 0 Å². The Bertz CT molecular complexity index is 817. The highest BCUT2D eigenvalue weighted by molar-refractivity contribution is 7.91. The lowest BCUT2D eigenvalue weighted by Gasteiger charge is -2.10. The number of hydrogen-bond donors (Lipinski definition) is 1. The van der Waals surface area contributed by atoms with Gasteiger partial charge in [0.2, 0.25) is 0 Å². The smallest absolute Gasteiger partial charge is 0.331 e. The van der Waals surface area contributed by atoms with Gasteiger partial charge in [-0.1, -0.05) is 6.07 Å². The summed E-state index contributed by atoms with van der Waals surface area (Å²) in [4.78, 5) is 23.5. The molecular weight excluding hydrogens is 374 g/mol. The van der Waals surface area contributed by atoms with E-state index < -0.39 is 34.4 Å². The average Bonchev–Trinajstić information content (AvgIpc) is 2.97. The molecule has 1 N–H and O–H groups in total. The van der Waals surface area contributed by atoms with Crippen molar-refractivity contribution in [3.8, 4) is 11.5 Å². The van der Waals surface area contributed by atoms with Gasteiger partial charge in [-0.3, -0.25) is 4.79 Å². The molecule has 0 saturated carbocycles. The molecule has 27 heavy (non-hydrogen) atoms. The fourth-order valence-corrected chi connectivity index (χ4v) is 4.26. The summed E-state index contributed by atoms with van der Waals surface area (Å²) in [5.41, 5.74) is 0.702. The van der Waals surface area contributed by atoms with E-state index in [1.54, 1.807) is 18.2 Å². The minimum Gasteiger partial charge on any atom is -0.493 e. The highest BCUT2D eigenvalue weighted by Gasteiger charge is 2.28. The van der Waals surface area contributed by atoms with Crippen LogP contribution < -0.4 is 14.8 Å². The SMILES string of the molecule is CCOc1ccc(/C=C/C(=O)OCC(=O)N[C@H]2CCS(=O)(=O)C2)cc1OC. The average molecular weight is 397 g/mol. The van der Waals surface area contributed by atoms with Crippen molar-refractivity contribution in [2.45, 2.75) is 19.4 Å². The molecule has 9 heteroatoms. The Morgan fingerprint density at radius 3 is 2.70 bits per heavy atom. The summed E-state index contributed by atoms with van der Waals surface area (Å²) >= 11 is 0. The van der Waals surface area contributed by atoms with Crippen molar-refractivity contribution in [3.63, 3.8) is 0 Å². The molecule has 0 aromatic heterocycles. The van der Waals surface area contributed by atoms with Gasteiger partial charge in [0.15, 0.2) is 27.9 Å². The molecule has 2 rings (SSSR count). The Hall–Kier alpha value is -2.55. The topological polar surface area (TPSA) is 108 Å². The van der Waals surface area contributed by atoms with Gasteiger partial charge >= 0.3 is 5.97 Å². The molecular formula is C18H23NO7S. The molecule has 148 valence electrons. The molecule has 1 aliphatic heterocycles. The highest BCUT2D eigenvalue weighted by atomic mass is 32.2. The van der Waals surface area contributed by atoms with E-state index in [1.807, 2.05) is 6.92 Å². The first-order valence-corrected chi connectivity index (χ1v) is 10.3. The van der Waals surface area contributed by atoms with Crippen LogP contribution in [0.1, 0.15) is 18.9 Å². The first-order chi connectivity index (χ1) is 12.8. The lowest BCUT2D eigenvalue weighted by Crippen LogP contribution is -2.38. The van der Waals surface area contributed by atoms with Crippen molar-refractivity contribution < 1.29 is 32.2 Å². The first-order valence-electron chi connectivity index (χ1n) is 8.48. The molecule has 1 heterocycles.